The molecule has 0 aliphatic heterocycles. The Bertz CT molecular complexity index is 688. The van der Waals surface area contributed by atoms with Crippen LogP contribution in [0.2, 0.25) is 0 Å². The van der Waals surface area contributed by atoms with Gasteiger partial charge in [0.15, 0.2) is 0 Å². The second kappa shape index (κ2) is 8.24. The molecule has 0 unspecified atom stereocenters. The van der Waals surface area contributed by atoms with Gasteiger partial charge in [-0.25, -0.2) is 17.9 Å². The molecule has 0 atom stereocenters. The van der Waals surface area contributed by atoms with E-state index in [1.54, 1.807) is 24.3 Å². The van der Waals surface area contributed by atoms with E-state index in [-0.39, 0.29) is 23.1 Å². The van der Waals surface area contributed by atoms with Gasteiger partial charge in [0.05, 0.1) is 4.90 Å². The normalized spacial score (nSPS) is 11.0. The van der Waals surface area contributed by atoms with Crippen LogP contribution in [0.25, 0.3) is 0 Å². The third kappa shape index (κ3) is 5.73. The van der Waals surface area contributed by atoms with Crippen molar-refractivity contribution >= 4 is 22.4 Å². The Hall–Kier alpha value is -1.47. The van der Waals surface area contributed by atoms with Gasteiger partial charge in [-0.15, -0.1) is 12.4 Å². The maximum absolute atomic E-state index is 12.7. The first-order chi connectivity index (χ1) is 9.95. The lowest BCUT2D eigenvalue weighted by Crippen LogP contribution is -2.17. The number of hydrogen-bond donors (Lipinski definition) is 2. The van der Waals surface area contributed by atoms with Gasteiger partial charge < -0.3 is 5.32 Å². The van der Waals surface area contributed by atoms with E-state index >= 15 is 0 Å². The molecule has 2 aromatic carbocycles. The van der Waals surface area contributed by atoms with E-state index in [1.165, 1.54) is 24.3 Å². The van der Waals surface area contributed by atoms with Gasteiger partial charge in [0.2, 0.25) is 10.0 Å². The van der Waals surface area contributed by atoms with Gasteiger partial charge in [-0.3, -0.25) is 0 Å². The molecule has 2 aromatic rings. The molecule has 0 spiro atoms. The fourth-order valence-corrected chi connectivity index (χ4v) is 2.43. The molecule has 0 bridgehead atoms. The second-order valence-corrected chi connectivity index (χ2v) is 6.30. The molecule has 7 heteroatoms. The summed E-state index contributed by atoms with van der Waals surface area (Å²) in [5.74, 6) is -0.242. The maximum atomic E-state index is 12.7. The molecule has 0 saturated carbocycles. The van der Waals surface area contributed by atoms with Crippen molar-refractivity contribution in [1.29, 1.82) is 0 Å². The summed E-state index contributed by atoms with van der Waals surface area (Å²) in [7, 11) is -3.63. The molecule has 0 aliphatic carbocycles. The molecule has 0 amide bonds. The SMILES string of the molecule is Cl.NS(=O)(=O)c1ccc(CCNCc2ccc(F)cc2)cc1. The van der Waals surface area contributed by atoms with E-state index < -0.39 is 10.0 Å². The van der Waals surface area contributed by atoms with Crippen molar-refractivity contribution < 1.29 is 12.8 Å². The van der Waals surface area contributed by atoms with Gasteiger partial charge in [0, 0.05) is 6.54 Å². The predicted molar refractivity (Wildman–Crippen MR) is 86.9 cm³/mol. The van der Waals surface area contributed by atoms with E-state index in [2.05, 4.69) is 5.32 Å². The van der Waals surface area contributed by atoms with Crippen LogP contribution in [0.15, 0.2) is 53.4 Å². The molecule has 22 heavy (non-hydrogen) atoms. The van der Waals surface area contributed by atoms with Crippen LogP contribution in [0, 0.1) is 5.82 Å². The van der Waals surface area contributed by atoms with Gasteiger partial charge >= 0.3 is 0 Å². The molecular formula is C15H18ClFN2O2S. The van der Waals surface area contributed by atoms with Crippen molar-refractivity contribution in [3.05, 3.63) is 65.5 Å². The molecule has 0 aromatic heterocycles. The monoisotopic (exact) mass is 344 g/mol. The summed E-state index contributed by atoms with van der Waals surface area (Å²) in [5, 5.41) is 8.29. The molecule has 0 radical (unpaired) electrons. The Morgan fingerprint density at radius 3 is 2.05 bits per heavy atom. The van der Waals surface area contributed by atoms with Crippen LogP contribution in [0.3, 0.4) is 0 Å². The smallest absolute Gasteiger partial charge is 0.238 e. The zero-order valence-electron chi connectivity index (χ0n) is 11.8. The van der Waals surface area contributed by atoms with Crippen LogP contribution >= 0.6 is 12.4 Å². The van der Waals surface area contributed by atoms with Gasteiger partial charge in [-0.1, -0.05) is 24.3 Å². The molecule has 0 fully saturated rings. The molecule has 0 saturated heterocycles. The number of benzene rings is 2. The second-order valence-electron chi connectivity index (χ2n) is 4.74. The van der Waals surface area contributed by atoms with Crippen molar-refractivity contribution in [2.45, 2.75) is 17.9 Å². The number of rotatable bonds is 6. The summed E-state index contributed by atoms with van der Waals surface area (Å²) >= 11 is 0. The number of sulfonamides is 1. The number of halogens is 2. The van der Waals surface area contributed by atoms with Gasteiger partial charge in [0.1, 0.15) is 5.82 Å². The minimum atomic E-state index is -3.63. The van der Waals surface area contributed by atoms with Crippen LogP contribution in [-0.4, -0.2) is 15.0 Å². The highest BCUT2D eigenvalue weighted by atomic mass is 35.5. The van der Waals surface area contributed by atoms with E-state index in [4.69, 9.17) is 5.14 Å². The summed E-state index contributed by atoms with van der Waals surface area (Å²) < 4.78 is 35.0. The van der Waals surface area contributed by atoms with Gasteiger partial charge in [-0.05, 0) is 48.4 Å². The molecule has 120 valence electrons. The topological polar surface area (TPSA) is 72.2 Å². The Morgan fingerprint density at radius 1 is 0.955 bits per heavy atom. The fourth-order valence-electron chi connectivity index (χ4n) is 1.91. The van der Waals surface area contributed by atoms with Crippen LogP contribution in [0.1, 0.15) is 11.1 Å². The highest BCUT2D eigenvalue weighted by Crippen LogP contribution is 2.09. The average molecular weight is 345 g/mol. The Morgan fingerprint density at radius 2 is 1.50 bits per heavy atom. The number of hydrogen-bond acceptors (Lipinski definition) is 3. The van der Waals surface area contributed by atoms with Crippen molar-refractivity contribution in [3.8, 4) is 0 Å². The van der Waals surface area contributed by atoms with Crippen molar-refractivity contribution in [2.75, 3.05) is 6.54 Å². The molecular weight excluding hydrogens is 327 g/mol. The first-order valence-electron chi connectivity index (χ1n) is 6.52. The first-order valence-corrected chi connectivity index (χ1v) is 8.07. The summed E-state index contributed by atoms with van der Waals surface area (Å²) in [6.45, 7) is 1.40. The maximum Gasteiger partial charge on any atom is 0.238 e. The number of primary sulfonamides is 1. The molecule has 4 nitrogen and oxygen atoms in total. The van der Waals surface area contributed by atoms with Crippen molar-refractivity contribution in [1.82, 2.24) is 5.32 Å². The lowest BCUT2D eigenvalue weighted by molar-refractivity contribution is 0.597. The lowest BCUT2D eigenvalue weighted by Gasteiger charge is -2.06. The zero-order chi connectivity index (χ0) is 15.3. The average Bonchev–Trinajstić information content (AvgIpc) is 2.45. The summed E-state index contributed by atoms with van der Waals surface area (Å²) in [5.41, 5.74) is 2.04. The Balaban J connectivity index is 0.00000242. The van der Waals surface area contributed by atoms with E-state index in [1.807, 2.05) is 0 Å². The quantitative estimate of drug-likeness (QED) is 0.789. The highest BCUT2D eigenvalue weighted by molar-refractivity contribution is 7.89. The fraction of sp³-hybridized carbons (Fsp3) is 0.200. The molecule has 3 N–H and O–H groups in total. The largest absolute Gasteiger partial charge is 0.312 e. The third-order valence-electron chi connectivity index (χ3n) is 3.08. The first kappa shape index (κ1) is 18.6. The Labute approximate surface area is 136 Å². The van der Waals surface area contributed by atoms with Crippen LogP contribution in [-0.2, 0) is 23.0 Å². The molecule has 2 rings (SSSR count). The molecule has 0 aliphatic rings. The minimum Gasteiger partial charge on any atom is -0.312 e. The summed E-state index contributed by atoms with van der Waals surface area (Å²) in [6, 6.07) is 12.9. The van der Waals surface area contributed by atoms with Crippen LogP contribution < -0.4 is 10.5 Å². The van der Waals surface area contributed by atoms with Gasteiger partial charge in [-0.2, -0.15) is 0 Å². The van der Waals surface area contributed by atoms with E-state index in [0.717, 1.165) is 24.1 Å². The number of nitrogens with one attached hydrogen (secondary N) is 1. The van der Waals surface area contributed by atoms with Crippen molar-refractivity contribution in [3.63, 3.8) is 0 Å². The standard InChI is InChI=1S/C15H17FN2O2S.ClH/c16-14-5-1-13(2-6-14)11-18-10-9-12-3-7-15(8-4-12)21(17,19)20;/h1-8,18H,9-11H2,(H2,17,19,20);1H. The zero-order valence-corrected chi connectivity index (χ0v) is 13.5. The molecule has 0 heterocycles. The minimum absolute atomic E-state index is 0. The van der Waals surface area contributed by atoms with Crippen LogP contribution in [0.5, 0.6) is 0 Å². The third-order valence-corrected chi connectivity index (χ3v) is 4.01. The van der Waals surface area contributed by atoms with Gasteiger partial charge in [0.25, 0.3) is 0 Å². The van der Waals surface area contributed by atoms with Crippen molar-refractivity contribution in [2.24, 2.45) is 5.14 Å². The van der Waals surface area contributed by atoms with E-state index in [9.17, 15) is 12.8 Å². The highest BCUT2D eigenvalue weighted by Gasteiger charge is 2.06. The number of nitrogens with two attached hydrogens (primary N) is 1. The summed E-state index contributed by atoms with van der Waals surface area (Å²) in [4.78, 5) is 0.116. The Kier molecular flexibility index (Phi) is 6.96. The van der Waals surface area contributed by atoms with E-state index in [0.29, 0.717) is 6.54 Å². The van der Waals surface area contributed by atoms with Crippen LogP contribution in [0.4, 0.5) is 4.39 Å². The predicted octanol–water partition coefficient (Wildman–Crippen LogP) is 2.23. The summed E-state index contributed by atoms with van der Waals surface area (Å²) in [6.07, 6.45) is 0.770. The lowest BCUT2D eigenvalue weighted by atomic mass is 10.1.